The highest BCUT2D eigenvalue weighted by molar-refractivity contribution is 5.88. The molecule has 0 unspecified atom stereocenters. The maximum atomic E-state index is 12.0. The summed E-state index contributed by atoms with van der Waals surface area (Å²) >= 11 is 0. The van der Waals surface area contributed by atoms with Crippen molar-refractivity contribution < 1.29 is 9.53 Å². The molecule has 0 amide bonds. The lowest BCUT2D eigenvalue weighted by molar-refractivity contribution is -0.138. The van der Waals surface area contributed by atoms with Gasteiger partial charge in [-0.3, -0.25) is 0 Å². The van der Waals surface area contributed by atoms with E-state index in [0.29, 0.717) is 18.6 Å². The average Bonchev–Trinajstić information content (AvgIpc) is 2.56. The minimum absolute atomic E-state index is 0.253. The van der Waals surface area contributed by atoms with Crippen LogP contribution in [0, 0.1) is 0 Å². The fourth-order valence-electron chi connectivity index (χ4n) is 2.99. The minimum atomic E-state index is -0.253. The van der Waals surface area contributed by atoms with Gasteiger partial charge in [0.15, 0.2) is 0 Å². The van der Waals surface area contributed by atoms with Crippen molar-refractivity contribution in [3.8, 4) is 0 Å². The lowest BCUT2D eigenvalue weighted by Gasteiger charge is -2.19. The van der Waals surface area contributed by atoms with Crippen LogP contribution in [-0.4, -0.2) is 12.6 Å². The van der Waals surface area contributed by atoms with E-state index in [-0.39, 0.29) is 5.97 Å². The van der Waals surface area contributed by atoms with Crippen molar-refractivity contribution >= 4 is 5.97 Å². The molecule has 0 atom stereocenters. The van der Waals surface area contributed by atoms with E-state index >= 15 is 0 Å². The molecule has 0 aromatic heterocycles. The van der Waals surface area contributed by atoms with Crippen LogP contribution in [-0.2, 0) is 9.53 Å². The molecule has 2 nitrogen and oxygen atoms in total. The van der Waals surface area contributed by atoms with Gasteiger partial charge in [-0.25, -0.2) is 4.79 Å². The van der Waals surface area contributed by atoms with Crippen molar-refractivity contribution in [2.75, 3.05) is 6.61 Å². The number of rotatable bonds is 13. The predicted octanol–water partition coefficient (Wildman–Crippen LogP) is 6.92. The summed E-state index contributed by atoms with van der Waals surface area (Å²) in [6, 6.07) is 0. The van der Waals surface area contributed by atoms with Gasteiger partial charge < -0.3 is 4.74 Å². The second-order valence-electron chi connectivity index (χ2n) is 6.35. The topological polar surface area (TPSA) is 26.3 Å². The van der Waals surface area contributed by atoms with E-state index in [1.165, 1.54) is 23.1 Å². The van der Waals surface area contributed by atoms with Crippen LogP contribution >= 0.6 is 0 Å². The number of hydrogen-bond donors (Lipinski definition) is 0. The number of unbranched alkanes of at least 4 members (excludes halogenated alkanes) is 1. The summed E-state index contributed by atoms with van der Waals surface area (Å²) in [6.45, 7) is 15.1. The second kappa shape index (κ2) is 14.1. The van der Waals surface area contributed by atoms with Crippen molar-refractivity contribution in [2.24, 2.45) is 0 Å². The first-order valence-corrected chi connectivity index (χ1v) is 9.80. The Bertz CT molecular complexity index is 441. The minimum Gasteiger partial charge on any atom is -0.463 e. The molecule has 0 rings (SSSR count). The number of carbonyl (C=O) groups excluding carboxylic acids is 1. The molecular formula is C22H38O2. The third kappa shape index (κ3) is 8.52. The highest BCUT2D eigenvalue weighted by Crippen LogP contribution is 2.31. The van der Waals surface area contributed by atoms with Gasteiger partial charge in [0.1, 0.15) is 0 Å². The summed E-state index contributed by atoms with van der Waals surface area (Å²) in [6.07, 6.45) is 12.0. The van der Waals surface area contributed by atoms with Crippen molar-refractivity contribution in [3.63, 3.8) is 0 Å². The van der Waals surface area contributed by atoms with Crippen LogP contribution in [0.3, 0.4) is 0 Å². The van der Waals surface area contributed by atoms with Crippen molar-refractivity contribution in [1.29, 1.82) is 0 Å². The lowest BCUT2D eigenvalue weighted by Crippen LogP contribution is -2.09. The monoisotopic (exact) mass is 334 g/mol. The molecule has 24 heavy (non-hydrogen) atoms. The van der Waals surface area contributed by atoms with Gasteiger partial charge >= 0.3 is 5.97 Å². The molecule has 0 bridgehead atoms. The first-order valence-electron chi connectivity index (χ1n) is 9.80. The van der Waals surface area contributed by atoms with Crippen LogP contribution in [0.15, 0.2) is 34.9 Å². The summed E-state index contributed by atoms with van der Waals surface area (Å²) in [5.74, 6) is -0.253. The zero-order chi connectivity index (χ0) is 18.4. The smallest absolute Gasteiger partial charge is 0.333 e. The zero-order valence-electron chi connectivity index (χ0n) is 16.7. The van der Waals surface area contributed by atoms with E-state index in [1.807, 2.05) is 6.92 Å². The summed E-state index contributed by atoms with van der Waals surface area (Å²) in [5.41, 5.74) is 4.93. The highest BCUT2D eigenvalue weighted by Gasteiger charge is 2.15. The fraction of sp³-hybridized carbons (Fsp3) is 0.682. The van der Waals surface area contributed by atoms with Gasteiger partial charge in [0.05, 0.1) is 6.61 Å². The van der Waals surface area contributed by atoms with E-state index in [1.54, 1.807) is 0 Å². The van der Waals surface area contributed by atoms with Crippen LogP contribution in [0.2, 0.25) is 0 Å². The number of esters is 1. The fourth-order valence-corrected chi connectivity index (χ4v) is 2.99. The Morgan fingerprint density at radius 3 is 2.04 bits per heavy atom. The molecule has 0 aromatic carbocycles. The van der Waals surface area contributed by atoms with Gasteiger partial charge in [-0.2, -0.15) is 0 Å². The summed E-state index contributed by atoms with van der Waals surface area (Å²) in [4.78, 5) is 12.0. The summed E-state index contributed by atoms with van der Waals surface area (Å²) in [7, 11) is 0. The molecule has 0 radical (unpaired) electrons. The van der Waals surface area contributed by atoms with E-state index in [9.17, 15) is 4.79 Å². The van der Waals surface area contributed by atoms with E-state index in [2.05, 4.69) is 40.3 Å². The SMILES string of the molecule is C=C(C/C(CCC)=C(CCC)/C(=C/CCC)CCC)C(=O)OCC. The molecule has 0 N–H and O–H groups in total. The number of carbonyl (C=O) groups is 1. The normalized spacial score (nSPS) is 12.8. The lowest BCUT2D eigenvalue weighted by atomic mass is 9.87. The Hall–Kier alpha value is -1.31. The number of allylic oxidation sites excluding steroid dienone is 4. The van der Waals surface area contributed by atoms with Gasteiger partial charge in [0, 0.05) is 12.0 Å². The third-order valence-corrected chi connectivity index (χ3v) is 4.06. The molecule has 0 fully saturated rings. The van der Waals surface area contributed by atoms with Gasteiger partial charge in [-0.15, -0.1) is 0 Å². The number of ether oxygens (including phenoxy) is 1. The Labute approximate surface area is 150 Å². The molecule has 0 aliphatic heterocycles. The van der Waals surface area contributed by atoms with Gasteiger partial charge in [0.25, 0.3) is 0 Å². The predicted molar refractivity (Wildman–Crippen MR) is 105 cm³/mol. The first-order chi connectivity index (χ1) is 11.5. The van der Waals surface area contributed by atoms with Gasteiger partial charge in [0.2, 0.25) is 0 Å². The molecular weight excluding hydrogens is 296 g/mol. The maximum Gasteiger partial charge on any atom is 0.333 e. The van der Waals surface area contributed by atoms with Gasteiger partial charge in [-0.1, -0.05) is 71.6 Å². The Kier molecular flexibility index (Phi) is 13.3. The first kappa shape index (κ1) is 22.7. The summed E-state index contributed by atoms with van der Waals surface area (Å²) in [5, 5.41) is 0. The van der Waals surface area contributed by atoms with Crippen LogP contribution in [0.25, 0.3) is 0 Å². The molecule has 0 saturated carbocycles. The van der Waals surface area contributed by atoms with Crippen LogP contribution < -0.4 is 0 Å². The third-order valence-electron chi connectivity index (χ3n) is 4.06. The van der Waals surface area contributed by atoms with Crippen molar-refractivity contribution in [3.05, 3.63) is 34.9 Å². The van der Waals surface area contributed by atoms with Crippen molar-refractivity contribution in [1.82, 2.24) is 0 Å². The van der Waals surface area contributed by atoms with E-state index in [0.717, 1.165) is 44.9 Å². The van der Waals surface area contributed by atoms with Crippen LogP contribution in [0.4, 0.5) is 0 Å². The standard InChI is InChI=1S/C22H38O2/c1-7-12-16-19(13-8-2)21(15-10-4)20(14-9-3)17-18(6)22(23)24-11-5/h16H,6-15,17H2,1-5H3/b19-16+,21-20+. The molecule has 0 aromatic rings. The maximum absolute atomic E-state index is 12.0. The zero-order valence-corrected chi connectivity index (χ0v) is 16.7. The Balaban J connectivity index is 5.66. The molecule has 0 spiro atoms. The molecule has 2 heteroatoms. The molecule has 0 aliphatic carbocycles. The average molecular weight is 335 g/mol. The van der Waals surface area contributed by atoms with Crippen LogP contribution in [0.1, 0.15) is 92.4 Å². The molecule has 0 saturated heterocycles. The quantitative estimate of drug-likeness (QED) is 0.207. The van der Waals surface area contributed by atoms with E-state index < -0.39 is 0 Å². The van der Waals surface area contributed by atoms with Crippen LogP contribution in [0.5, 0.6) is 0 Å². The van der Waals surface area contributed by atoms with Gasteiger partial charge in [-0.05, 0) is 43.8 Å². The highest BCUT2D eigenvalue weighted by atomic mass is 16.5. The molecule has 0 heterocycles. The molecule has 138 valence electrons. The number of hydrogen-bond acceptors (Lipinski definition) is 2. The van der Waals surface area contributed by atoms with E-state index in [4.69, 9.17) is 4.74 Å². The summed E-state index contributed by atoms with van der Waals surface area (Å²) < 4.78 is 5.12. The largest absolute Gasteiger partial charge is 0.463 e. The van der Waals surface area contributed by atoms with Crippen molar-refractivity contribution in [2.45, 2.75) is 92.4 Å². The molecule has 0 aliphatic rings. The Morgan fingerprint density at radius 1 is 0.917 bits per heavy atom. The second-order valence-corrected chi connectivity index (χ2v) is 6.35. The Morgan fingerprint density at radius 2 is 1.54 bits per heavy atom.